The zero-order valence-corrected chi connectivity index (χ0v) is 15.1. The largest absolute Gasteiger partial charge is 0.396 e. The molecule has 0 aromatic heterocycles. The molecule has 2 amide bonds. The molecule has 5 heteroatoms. The summed E-state index contributed by atoms with van der Waals surface area (Å²) in [5.41, 5.74) is 2.60. The molecule has 0 radical (unpaired) electrons. The number of nitrogens with one attached hydrogen (secondary N) is 1. The molecule has 3 unspecified atom stereocenters. The fourth-order valence-electron chi connectivity index (χ4n) is 4.06. The number of rotatable bonds is 6. The monoisotopic (exact) mass is 346 g/mol. The number of carbonyl (C=O) groups excluding carboxylic acids is 1. The first-order valence-electron chi connectivity index (χ1n) is 9.58. The van der Waals surface area contributed by atoms with Gasteiger partial charge < -0.3 is 20.1 Å². The fourth-order valence-corrected chi connectivity index (χ4v) is 4.06. The molecule has 1 aromatic rings. The molecule has 1 aliphatic carbocycles. The number of benzene rings is 1. The van der Waals surface area contributed by atoms with Crippen LogP contribution in [0, 0.1) is 0 Å². The maximum absolute atomic E-state index is 13.0. The first-order chi connectivity index (χ1) is 12.2. The van der Waals surface area contributed by atoms with Gasteiger partial charge in [0.1, 0.15) is 0 Å². The number of hydrogen-bond donors (Lipinski definition) is 2. The number of fused-ring (bicyclic) bond motifs is 1. The lowest BCUT2D eigenvalue weighted by Gasteiger charge is -2.37. The molecule has 0 bridgehead atoms. The molecule has 1 aliphatic heterocycles. The molecule has 2 aliphatic rings. The Balaban J connectivity index is 1.74. The van der Waals surface area contributed by atoms with E-state index in [0.29, 0.717) is 13.0 Å². The van der Waals surface area contributed by atoms with E-state index >= 15 is 0 Å². The lowest BCUT2D eigenvalue weighted by atomic mass is 9.87. The van der Waals surface area contributed by atoms with Gasteiger partial charge in [0.05, 0.1) is 18.2 Å². The van der Waals surface area contributed by atoms with Crippen LogP contribution in [-0.4, -0.2) is 47.9 Å². The minimum absolute atomic E-state index is 0.00506. The number of carbonyl (C=O) groups is 1. The van der Waals surface area contributed by atoms with Crippen LogP contribution in [0.15, 0.2) is 24.3 Å². The van der Waals surface area contributed by atoms with Gasteiger partial charge in [0, 0.05) is 19.8 Å². The summed E-state index contributed by atoms with van der Waals surface area (Å²) in [4.78, 5) is 14.9. The fraction of sp³-hybridized carbons (Fsp3) is 0.650. The van der Waals surface area contributed by atoms with Crippen LogP contribution in [0.5, 0.6) is 0 Å². The van der Waals surface area contributed by atoms with Crippen LogP contribution in [-0.2, 0) is 11.2 Å². The molecule has 1 heterocycles. The topological polar surface area (TPSA) is 61.8 Å². The zero-order valence-electron chi connectivity index (χ0n) is 15.1. The SMILES string of the molecule is CC(NC(=O)N(CCCO)C1CCCc2ccccc21)C1CCCO1. The van der Waals surface area contributed by atoms with Crippen molar-refractivity contribution < 1.29 is 14.6 Å². The predicted molar refractivity (Wildman–Crippen MR) is 97.5 cm³/mol. The average molecular weight is 346 g/mol. The summed E-state index contributed by atoms with van der Waals surface area (Å²) in [6.45, 7) is 3.47. The van der Waals surface area contributed by atoms with Crippen molar-refractivity contribution in [1.29, 1.82) is 0 Å². The molecule has 5 nitrogen and oxygen atoms in total. The molecule has 0 spiro atoms. The second-order valence-electron chi connectivity index (χ2n) is 7.17. The Kier molecular flexibility index (Phi) is 6.32. The number of hydrogen-bond acceptors (Lipinski definition) is 3. The van der Waals surface area contributed by atoms with Gasteiger partial charge in [0.15, 0.2) is 0 Å². The minimum atomic E-state index is -0.0434. The number of ether oxygens (including phenoxy) is 1. The van der Waals surface area contributed by atoms with Crippen molar-refractivity contribution in [1.82, 2.24) is 10.2 Å². The van der Waals surface area contributed by atoms with Gasteiger partial charge in [-0.3, -0.25) is 0 Å². The first-order valence-corrected chi connectivity index (χ1v) is 9.58. The van der Waals surface area contributed by atoms with Crippen molar-refractivity contribution in [3.05, 3.63) is 35.4 Å². The normalized spacial score (nSPS) is 23.8. The van der Waals surface area contributed by atoms with Gasteiger partial charge in [-0.2, -0.15) is 0 Å². The van der Waals surface area contributed by atoms with Crippen molar-refractivity contribution in [2.24, 2.45) is 0 Å². The van der Waals surface area contributed by atoms with Gasteiger partial charge in [0.2, 0.25) is 0 Å². The highest BCUT2D eigenvalue weighted by atomic mass is 16.5. The van der Waals surface area contributed by atoms with Gasteiger partial charge in [-0.15, -0.1) is 0 Å². The lowest BCUT2D eigenvalue weighted by Crippen LogP contribution is -2.49. The van der Waals surface area contributed by atoms with Gasteiger partial charge in [-0.25, -0.2) is 4.79 Å². The molecule has 138 valence electrons. The van der Waals surface area contributed by atoms with Crippen LogP contribution in [0.2, 0.25) is 0 Å². The van der Waals surface area contributed by atoms with E-state index in [1.807, 2.05) is 17.9 Å². The number of aliphatic hydroxyl groups is 1. The standard InChI is InChI=1S/C20H30N2O3/c1-15(19-11-5-14-25-19)21-20(24)22(12-6-13-23)18-10-4-8-16-7-2-3-9-17(16)18/h2-3,7,9,15,18-19,23H,4-6,8,10-14H2,1H3,(H,21,24). The van der Waals surface area contributed by atoms with Crippen molar-refractivity contribution >= 4 is 6.03 Å². The van der Waals surface area contributed by atoms with Crippen molar-refractivity contribution in [3.63, 3.8) is 0 Å². The van der Waals surface area contributed by atoms with Gasteiger partial charge in [-0.1, -0.05) is 24.3 Å². The molecule has 3 rings (SSSR count). The maximum atomic E-state index is 13.0. The van der Waals surface area contributed by atoms with Crippen molar-refractivity contribution in [2.45, 2.75) is 63.6 Å². The molecular weight excluding hydrogens is 316 g/mol. The Morgan fingerprint density at radius 3 is 2.96 bits per heavy atom. The third kappa shape index (κ3) is 4.33. The third-order valence-corrected chi connectivity index (χ3v) is 5.41. The number of aliphatic hydroxyl groups excluding tert-OH is 1. The maximum Gasteiger partial charge on any atom is 0.318 e. The summed E-state index contributed by atoms with van der Waals surface area (Å²) in [5, 5.41) is 12.4. The van der Waals surface area contributed by atoms with Crippen LogP contribution in [0.1, 0.15) is 56.2 Å². The molecule has 1 aromatic carbocycles. The molecule has 1 fully saturated rings. The van der Waals surface area contributed by atoms with Crippen LogP contribution in [0.25, 0.3) is 0 Å². The highest BCUT2D eigenvalue weighted by Crippen LogP contribution is 2.34. The van der Waals surface area contributed by atoms with Crippen molar-refractivity contribution in [3.8, 4) is 0 Å². The Morgan fingerprint density at radius 2 is 2.20 bits per heavy atom. The van der Waals surface area contributed by atoms with E-state index in [1.165, 1.54) is 11.1 Å². The quantitative estimate of drug-likeness (QED) is 0.832. The summed E-state index contributed by atoms with van der Waals surface area (Å²) in [7, 11) is 0. The summed E-state index contributed by atoms with van der Waals surface area (Å²) in [5.74, 6) is 0. The summed E-state index contributed by atoms with van der Waals surface area (Å²) < 4.78 is 5.70. The van der Waals surface area contributed by atoms with Gasteiger partial charge >= 0.3 is 6.03 Å². The summed E-state index contributed by atoms with van der Waals surface area (Å²) in [6, 6.07) is 8.48. The van der Waals surface area contributed by atoms with E-state index in [-0.39, 0.29) is 30.8 Å². The summed E-state index contributed by atoms with van der Waals surface area (Å²) >= 11 is 0. The van der Waals surface area contributed by atoms with Crippen LogP contribution < -0.4 is 5.32 Å². The molecule has 1 saturated heterocycles. The number of nitrogens with zero attached hydrogens (tertiary/aromatic N) is 1. The number of aryl methyl sites for hydroxylation is 1. The van der Waals surface area contributed by atoms with E-state index in [4.69, 9.17) is 4.74 Å². The van der Waals surface area contributed by atoms with E-state index in [2.05, 4.69) is 23.5 Å². The third-order valence-electron chi connectivity index (χ3n) is 5.41. The Labute approximate surface area is 150 Å². The zero-order chi connectivity index (χ0) is 17.6. The van der Waals surface area contributed by atoms with E-state index in [0.717, 1.165) is 38.7 Å². The number of urea groups is 1. The predicted octanol–water partition coefficient (Wildman–Crippen LogP) is 3.03. The lowest BCUT2D eigenvalue weighted by molar-refractivity contribution is 0.0807. The Morgan fingerprint density at radius 1 is 1.36 bits per heavy atom. The summed E-state index contributed by atoms with van der Waals surface area (Å²) in [6.07, 6.45) is 5.92. The highest BCUT2D eigenvalue weighted by molar-refractivity contribution is 5.75. The second kappa shape index (κ2) is 8.68. The number of amides is 2. The van der Waals surface area contributed by atoms with E-state index in [9.17, 15) is 9.90 Å². The van der Waals surface area contributed by atoms with E-state index in [1.54, 1.807) is 0 Å². The van der Waals surface area contributed by atoms with Gasteiger partial charge in [0.25, 0.3) is 0 Å². The smallest absolute Gasteiger partial charge is 0.318 e. The van der Waals surface area contributed by atoms with Crippen molar-refractivity contribution in [2.75, 3.05) is 19.8 Å². The molecular formula is C20H30N2O3. The Hall–Kier alpha value is -1.59. The van der Waals surface area contributed by atoms with Gasteiger partial charge in [-0.05, 0) is 56.6 Å². The average Bonchev–Trinajstić information content (AvgIpc) is 3.17. The molecule has 0 saturated carbocycles. The highest BCUT2D eigenvalue weighted by Gasteiger charge is 2.31. The van der Waals surface area contributed by atoms with Crippen LogP contribution >= 0.6 is 0 Å². The van der Waals surface area contributed by atoms with Crippen LogP contribution in [0.3, 0.4) is 0 Å². The van der Waals surface area contributed by atoms with Crippen LogP contribution in [0.4, 0.5) is 4.79 Å². The molecule has 2 N–H and O–H groups in total. The first kappa shape index (κ1) is 18.2. The Bertz CT molecular complexity index is 572. The minimum Gasteiger partial charge on any atom is -0.396 e. The second-order valence-corrected chi connectivity index (χ2v) is 7.17. The molecule has 25 heavy (non-hydrogen) atoms. The molecule has 3 atom stereocenters. The van der Waals surface area contributed by atoms with E-state index < -0.39 is 0 Å².